The highest BCUT2D eigenvalue weighted by Crippen LogP contribution is 2.22. The van der Waals surface area contributed by atoms with E-state index in [1.165, 1.54) is 10.7 Å². The maximum Gasteiger partial charge on any atom is 0.253 e. The summed E-state index contributed by atoms with van der Waals surface area (Å²) in [4.78, 5) is 14.9. The van der Waals surface area contributed by atoms with Gasteiger partial charge in [0.15, 0.2) is 0 Å². The molecule has 7 heteroatoms. The van der Waals surface area contributed by atoms with Crippen LogP contribution in [-0.2, 0) is 14.8 Å². The second kappa shape index (κ2) is 8.71. The zero-order chi connectivity index (χ0) is 19.4. The Bertz CT molecular complexity index is 730. The third-order valence-corrected chi connectivity index (χ3v) is 7.11. The predicted molar refractivity (Wildman–Crippen MR) is 104 cm³/mol. The molecule has 2 aliphatic heterocycles. The first-order valence-electron chi connectivity index (χ1n) is 9.93. The van der Waals surface area contributed by atoms with E-state index in [1.54, 1.807) is 24.3 Å². The van der Waals surface area contributed by atoms with Crippen molar-refractivity contribution >= 4 is 15.9 Å². The first-order valence-corrected chi connectivity index (χ1v) is 11.4. The van der Waals surface area contributed by atoms with Gasteiger partial charge in [-0.3, -0.25) is 4.79 Å². The van der Waals surface area contributed by atoms with Crippen LogP contribution in [0.2, 0.25) is 0 Å². The summed E-state index contributed by atoms with van der Waals surface area (Å²) in [5.41, 5.74) is 0.554. The van der Waals surface area contributed by atoms with E-state index in [-0.39, 0.29) is 23.0 Å². The normalized spacial score (nSPS) is 25.6. The van der Waals surface area contributed by atoms with E-state index < -0.39 is 10.0 Å². The van der Waals surface area contributed by atoms with Gasteiger partial charge in [-0.15, -0.1) is 0 Å². The molecule has 2 heterocycles. The number of carbonyl (C=O) groups is 1. The molecule has 2 aliphatic rings. The Morgan fingerprint density at radius 1 is 0.926 bits per heavy atom. The lowest BCUT2D eigenvalue weighted by molar-refractivity contribution is -0.0440. The van der Waals surface area contributed by atoms with E-state index in [2.05, 4.69) is 0 Å². The Morgan fingerprint density at radius 3 is 2.00 bits per heavy atom. The highest BCUT2D eigenvalue weighted by Gasteiger charge is 2.32. The number of rotatable bonds is 3. The smallest absolute Gasteiger partial charge is 0.253 e. The van der Waals surface area contributed by atoms with Crippen molar-refractivity contribution < 1.29 is 17.9 Å². The van der Waals surface area contributed by atoms with E-state index in [4.69, 9.17) is 4.74 Å². The number of sulfonamides is 1. The van der Waals surface area contributed by atoms with E-state index in [0.717, 1.165) is 38.8 Å². The first kappa shape index (κ1) is 20.3. The molecule has 0 aromatic heterocycles. The van der Waals surface area contributed by atoms with E-state index in [1.807, 2.05) is 18.7 Å². The Labute approximate surface area is 162 Å². The zero-order valence-corrected chi connectivity index (χ0v) is 17.1. The summed E-state index contributed by atoms with van der Waals surface area (Å²) in [5, 5.41) is 0. The van der Waals surface area contributed by atoms with Crippen molar-refractivity contribution in [3.63, 3.8) is 0 Å². The molecule has 27 heavy (non-hydrogen) atoms. The van der Waals surface area contributed by atoms with Crippen LogP contribution in [0.3, 0.4) is 0 Å². The fourth-order valence-electron chi connectivity index (χ4n) is 3.88. The molecule has 0 N–H and O–H groups in total. The minimum absolute atomic E-state index is 0.00513. The molecule has 2 saturated heterocycles. The topological polar surface area (TPSA) is 66.9 Å². The number of carbonyl (C=O) groups excluding carboxylic acids is 1. The van der Waals surface area contributed by atoms with E-state index in [0.29, 0.717) is 18.7 Å². The van der Waals surface area contributed by atoms with Gasteiger partial charge >= 0.3 is 0 Å². The van der Waals surface area contributed by atoms with Gasteiger partial charge in [-0.2, -0.15) is 4.31 Å². The van der Waals surface area contributed by atoms with Gasteiger partial charge < -0.3 is 9.64 Å². The van der Waals surface area contributed by atoms with Crippen molar-refractivity contribution in [2.24, 2.45) is 0 Å². The molecular formula is C20H30N2O4S. The highest BCUT2D eigenvalue weighted by atomic mass is 32.2. The van der Waals surface area contributed by atoms with Gasteiger partial charge in [-0.1, -0.05) is 19.3 Å². The molecule has 2 atom stereocenters. The van der Waals surface area contributed by atoms with Gasteiger partial charge in [0.25, 0.3) is 5.91 Å². The number of ether oxygens (including phenoxy) is 1. The number of hydrogen-bond donors (Lipinski definition) is 0. The molecule has 3 rings (SSSR count). The molecule has 0 aliphatic carbocycles. The number of likely N-dealkylation sites (tertiary alicyclic amines) is 1. The van der Waals surface area contributed by atoms with E-state index >= 15 is 0 Å². The lowest BCUT2D eigenvalue weighted by Crippen LogP contribution is -2.48. The van der Waals surface area contributed by atoms with Crippen molar-refractivity contribution in [3.8, 4) is 0 Å². The van der Waals surface area contributed by atoms with Crippen LogP contribution >= 0.6 is 0 Å². The number of hydrogen-bond acceptors (Lipinski definition) is 4. The third kappa shape index (κ3) is 4.89. The molecule has 1 amide bonds. The van der Waals surface area contributed by atoms with Crippen molar-refractivity contribution in [1.29, 1.82) is 0 Å². The average molecular weight is 395 g/mol. The van der Waals surface area contributed by atoms with Crippen molar-refractivity contribution in [2.75, 3.05) is 26.2 Å². The second-order valence-corrected chi connectivity index (χ2v) is 9.60. The number of morpholine rings is 1. The fourth-order valence-corrected chi connectivity index (χ4v) is 5.47. The summed E-state index contributed by atoms with van der Waals surface area (Å²) < 4.78 is 32.9. The summed E-state index contributed by atoms with van der Waals surface area (Å²) in [6, 6.07) is 6.39. The van der Waals surface area contributed by atoms with Crippen LogP contribution in [-0.4, -0.2) is 61.9 Å². The van der Waals surface area contributed by atoms with Crippen LogP contribution in [0, 0.1) is 0 Å². The van der Waals surface area contributed by atoms with Crippen LogP contribution in [0.25, 0.3) is 0 Å². The molecule has 0 spiro atoms. The third-order valence-electron chi connectivity index (χ3n) is 5.27. The SMILES string of the molecule is C[C@H]1CN(S(=O)(=O)c2ccc(C(=O)N3CCCCCCC3)cc2)C[C@H](C)O1. The van der Waals surface area contributed by atoms with Gasteiger partial charge in [0.1, 0.15) is 0 Å². The van der Waals surface area contributed by atoms with Crippen LogP contribution in [0.1, 0.15) is 56.3 Å². The Morgan fingerprint density at radius 2 is 1.44 bits per heavy atom. The number of benzene rings is 1. The fraction of sp³-hybridized carbons (Fsp3) is 0.650. The highest BCUT2D eigenvalue weighted by molar-refractivity contribution is 7.89. The molecule has 2 fully saturated rings. The summed E-state index contributed by atoms with van der Waals surface area (Å²) in [6.07, 6.45) is 5.38. The van der Waals surface area contributed by atoms with Gasteiger partial charge in [0.2, 0.25) is 10.0 Å². The molecule has 0 radical (unpaired) electrons. The quantitative estimate of drug-likeness (QED) is 0.791. The van der Waals surface area contributed by atoms with Crippen LogP contribution < -0.4 is 0 Å². The largest absolute Gasteiger partial charge is 0.373 e. The zero-order valence-electron chi connectivity index (χ0n) is 16.3. The predicted octanol–water partition coefficient (Wildman–Crippen LogP) is 2.89. The van der Waals surface area contributed by atoms with Gasteiger partial charge in [0, 0.05) is 31.7 Å². The molecule has 150 valence electrons. The standard InChI is InChI=1S/C20H30N2O4S/c1-16-14-22(15-17(2)26-16)27(24,25)19-10-8-18(9-11-19)20(23)21-12-6-4-3-5-7-13-21/h8-11,16-17H,3-7,12-15H2,1-2H3/t16-,17-/m0/s1. The average Bonchev–Trinajstić information content (AvgIpc) is 2.60. The summed E-state index contributed by atoms with van der Waals surface area (Å²) >= 11 is 0. The molecule has 1 aromatic rings. The van der Waals surface area contributed by atoms with Gasteiger partial charge in [0.05, 0.1) is 17.1 Å². The Balaban J connectivity index is 1.73. The van der Waals surface area contributed by atoms with Crippen LogP contribution in [0.4, 0.5) is 0 Å². The van der Waals surface area contributed by atoms with Crippen molar-refractivity contribution in [2.45, 2.75) is 63.1 Å². The maximum atomic E-state index is 12.9. The summed E-state index contributed by atoms with van der Waals surface area (Å²) in [7, 11) is -3.58. The monoisotopic (exact) mass is 394 g/mol. The van der Waals surface area contributed by atoms with E-state index in [9.17, 15) is 13.2 Å². The van der Waals surface area contributed by atoms with Crippen LogP contribution in [0.15, 0.2) is 29.2 Å². The molecule has 1 aromatic carbocycles. The second-order valence-electron chi connectivity index (χ2n) is 7.66. The molecule has 0 bridgehead atoms. The molecule has 0 unspecified atom stereocenters. The Hall–Kier alpha value is -1.44. The van der Waals surface area contributed by atoms with Crippen molar-refractivity contribution in [1.82, 2.24) is 9.21 Å². The first-order chi connectivity index (χ1) is 12.9. The van der Waals surface area contributed by atoms with Gasteiger partial charge in [-0.25, -0.2) is 8.42 Å². The number of amides is 1. The van der Waals surface area contributed by atoms with Gasteiger partial charge in [-0.05, 0) is 51.0 Å². The summed E-state index contributed by atoms with van der Waals surface area (Å²) in [5.74, 6) is -0.00513. The minimum Gasteiger partial charge on any atom is -0.373 e. The van der Waals surface area contributed by atoms with Crippen LogP contribution in [0.5, 0.6) is 0 Å². The molecule has 6 nitrogen and oxygen atoms in total. The molecular weight excluding hydrogens is 364 g/mol. The molecule has 0 saturated carbocycles. The maximum absolute atomic E-state index is 12.9. The van der Waals surface area contributed by atoms with Crippen molar-refractivity contribution in [3.05, 3.63) is 29.8 Å². The number of nitrogens with zero attached hydrogens (tertiary/aromatic N) is 2. The minimum atomic E-state index is -3.58. The Kier molecular flexibility index (Phi) is 6.55. The summed E-state index contributed by atoms with van der Waals surface area (Å²) in [6.45, 7) is 6.01. The lowest BCUT2D eigenvalue weighted by atomic mass is 10.1. The lowest BCUT2D eigenvalue weighted by Gasteiger charge is -2.34.